The Labute approximate surface area is 112 Å². The van der Waals surface area contributed by atoms with E-state index in [1.165, 1.54) is 12.1 Å². The second-order valence-electron chi connectivity index (χ2n) is 4.43. The smallest absolute Gasteiger partial charge is 0.123 e. The molecule has 1 heterocycles. The first-order valence-electron chi connectivity index (χ1n) is 6.36. The molecule has 1 aliphatic rings. The summed E-state index contributed by atoms with van der Waals surface area (Å²) in [4.78, 5) is 2.20. The van der Waals surface area contributed by atoms with E-state index in [9.17, 15) is 4.39 Å². The lowest BCUT2D eigenvalue weighted by atomic mass is 10.2. The fraction of sp³-hybridized carbons (Fsp3) is 0.500. The molecule has 0 amide bonds. The third-order valence-electron chi connectivity index (χ3n) is 3.15. The first-order valence-corrected chi connectivity index (χ1v) is 6.36. The van der Waals surface area contributed by atoms with E-state index >= 15 is 0 Å². The minimum absolute atomic E-state index is 0.0546. The van der Waals surface area contributed by atoms with E-state index in [-0.39, 0.29) is 11.9 Å². The zero-order chi connectivity index (χ0) is 13.5. The molecule has 2 rings (SSSR count). The Morgan fingerprint density at radius 2 is 2.00 bits per heavy atom. The number of benzene rings is 1. The Morgan fingerprint density at radius 3 is 2.63 bits per heavy atom. The molecule has 1 fully saturated rings. The van der Waals surface area contributed by atoms with Crippen LogP contribution in [0.15, 0.2) is 24.3 Å². The highest BCUT2D eigenvalue weighted by atomic mass is 19.1. The fourth-order valence-corrected chi connectivity index (χ4v) is 2.06. The number of hydrogen-bond acceptors (Lipinski definition) is 4. The van der Waals surface area contributed by atoms with Crippen LogP contribution < -0.4 is 4.74 Å². The van der Waals surface area contributed by atoms with Gasteiger partial charge in [0.05, 0.1) is 31.7 Å². The molecule has 0 spiro atoms. The molecule has 0 N–H and O–H groups in total. The van der Waals surface area contributed by atoms with Crippen molar-refractivity contribution in [2.75, 3.05) is 32.9 Å². The van der Waals surface area contributed by atoms with E-state index in [1.807, 2.05) is 0 Å². The van der Waals surface area contributed by atoms with Crippen molar-refractivity contribution < 1.29 is 13.9 Å². The third-order valence-corrected chi connectivity index (χ3v) is 3.15. The highest BCUT2D eigenvalue weighted by molar-refractivity contribution is 5.22. The highest BCUT2D eigenvalue weighted by Crippen LogP contribution is 2.14. The second-order valence-corrected chi connectivity index (χ2v) is 4.43. The van der Waals surface area contributed by atoms with Crippen LogP contribution >= 0.6 is 0 Å². The van der Waals surface area contributed by atoms with Gasteiger partial charge in [-0.15, -0.1) is 0 Å². The van der Waals surface area contributed by atoms with Gasteiger partial charge in [-0.2, -0.15) is 5.26 Å². The van der Waals surface area contributed by atoms with Crippen LogP contribution in [0.1, 0.15) is 6.42 Å². The molecule has 1 atom stereocenters. The normalized spacial score (nSPS) is 17.7. The summed E-state index contributed by atoms with van der Waals surface area (Å²) in [5.41, 5.74) is 0. The Hall–Kier alpha value is -1.64. The van der Waals surface area contributed by atoms with Crippen molar-refractivity contribution in [3.8, 4) is 11.8 Å². The number of nitriles is 1. The summed E-state index contributed by atoms with van der Waals surface area (Å²) in [5.74, 6) is 0.340. The van der Waals surface area contributed by atoms with Crippen molar-refractivity contribution in [3.05, 3.63) is 30.1 Å². The SMILES string of the molecule is N#CCC(COc1ccc(F)cc1)N1CCOCC1. The van der Waals surface area contributed by atoms with Crippen molar-refractivity contribution >= 4 is 0 Å². The average Bonchev–Trinajstić information content (AvgIpc) is 2.46. The quantitative estimate of drug-likeness (QED) is 0.813. The van der Waals surface area contributed by atoms with Gasteiger partial charge < -0.3 is 9.47 Å². The average molecular weight is 264 g/mol. The zero-order valence-electron chi connectivity index (χ0n) is 10.7. The molecule has 5 heteroatoms. The minimum atomic E-state index is -0.283. The molecule has 102 valence electrons. The first-order chi connectivity index (χ1) is 9.29. The van der Waals surface area contributed by atoms with Gasteiger partial charge in [0.2, 0.25) is 0 Å². The van der Waals surface area contributed by atoms with Crippen LogP contribution in [0.3, 0.4) is 0 Å². The monoisotopic (exact) mass is 264 g/mol. The van der Waals surface area contributed by atoms with E-state index in [0.717, 1.165) is 13.1 Å². The Balaban J connectivity index is 1.89. The number of ether oxygens (including phenoxy) is 2. The van der Waals surface area contributed by atoms with Crippen molar-refractivity contribution in [2.24, 2.45) is 0 Å². The molecule has 0 radical (unpaired) electrons. The summed E-state index contributed by atoms with van der Waals surface area (Å²) < 4.78 is 23.7. The summed E-state index contributed by atoms with van der Waals surface area (Å²) in [6.45, 7) is 3.45. The van der Waals surface area contributed by atoms with E-state index in [0.29, 0.717) is 32.0 Å². The molecule has 1 aromatic rings. The van der Waals surface area contributed by atoms with E-state index in [1.54, 1.807) is 12.1 Å². The molecule has 0 aromatic heterocycles. The maximum absolute atomic E-state index is 12.8. The number of hydrogen-bond donors (Lipinski definition) is 0. The van der Waals surface area contributed by atoms with Crippen molar-refractivity contribution in [3.63, 3.8) is 0 Å². The summed E-state index contributed by atoms with van der Waals surface area (Å²) in [6, 6.07) is 8.16. The Bertz CT molecular complexity index is 424. The van der Waals surface area contributed by atoms with Crippen molar-refractivity contribution in [2.45, 2.75) is 12.5 Å². The van der Waals surface area contributed by atoms with Gasteiger partial charge in [-0.25, -0.2) is 4.39 Å². The summed E-state index contributed by atoms with van der Waals surface area (Å²) in [7, 11) is 0. The van der Waals surface area contributed by atoms with E-state index in [4.69, 9.17) is 14.7 Å². The summed E-state index contributed by atoms with van der Waals surface area (Å²) >= 11 is 0. The number of morpholine rings is 1. The van der Waals surface area contributed by atoms with Gasteiger partial charge in [-0.1, -0.05) is 0 Å². The minimum Gasteiger partial charge on any atom is -0.492 e. The Morgan fingerprint density at radius 1 is 1.32 bits per heavy atom. The largest absolute Gasteiger partial charge is 0.492 e. The van der Waals surface area contributed by atoms with Crippen LogP contribution in [-0.4, -0.2) is 43.9 Å². The molecular weight excluding hydrogens is 247 g/mol. The van der Waals surface area contributed by atoms with Crippen LogP contribution in [0, 0.1) is 17.1 Å². The van der Waals surface area contributed by atoms with Crippen molar-refractivity contribution in [1.29, 1.82) is 5.26 Å². The lowest BCUT2D eigenvalue weighted by Crippen LogP contribution is -2.46. The van der Waals surface area contributed by atoms with Crippen LogP contribution in [-0.2, 0) is 4.74 Å². The van der Waals surface area contributed by atoms with E-state index in [2.05, 4.69) is 11.0 Å². The van der Waals surface area contributed by atoms with Crippen LogP contribution in [0.25, 0.3) is 0 Å². The predicted octanol–water partition coefficient (Wildman–Crippen LogP) is 1.82. The van der Waals surface area contributed by atoms with Crippen LogP contribution in [0.5, 0.6) is 5.75 Å². The lowest BCUT2D eigenvalue weighted by Gasteiger charge is -2.33. The van der Waals surface area contributed by atoms with Crippen molar-refractivity contribution in [1.82, 2.24) is 4.90 Å². The maximum Gasteiger partial charge on any atom is 0.123 e. The second kappa shape index (κ2) is 7.07. The van der Waals surface area contributed by atoms with Crippen LogP contribution in [0.4, 0.5) is 4.39 Å². The Kier molecular flexibility index (Phi) is 5.13. The van der Waals surface area contributed by atoms with Gasteiger partial charge in [-0.05, 0) is 24.3 Å². The molecule has 0 saturated carbocycles. The number of rotatable bonds is 5. The first kappa shape index (κ1) is 13.8. The third kappa shape index (κ3) is 4.19. The summed E-state index contributed by atoms with van der Waals surface area (Å²) in [5, 5.41) is 8.89. The molecule has 19 heavy (non-hydrogen) atoms. The van der Waals surface area contributed by atoms with Gasteiger partial charge in [-0.3, -0.25) is 4.90 Å². The fourth-order valence-electron chi connectivity index (χ4n) is 2.06. The van der Waals surface area contributed by atoms with Gasteiger partial charge in [0.25, 0.3) is 0 Å². The molecule has 1 saturated heterocycles. The van der Waals surface area contributed by atoms with Gasteiger partial charge in [0, 0.05) is 13.1 Å². The molecule has 0 aliphatic carbocycles. The lowest BCUT2D eigenvalue weighted by molar-refractivity contribution is 0.00715. The maximum atomic E-state index is 12.8. The number of halogens is 1. The van der Waals surface area contributed by atoms with E-state index < -0.39 is 0 Å². The summed E-state index contributed by atoms with van der Waals surface area (Å²) in [6.07, 6.45) is 0.418. The predicted molar refractivity (Wildman–Crippen MR) is 68.3 cm³/mol. The van der Waals surface area contributed by atoms with Gasteiger partial charge in [0.15, 0.2) is 0 Å². The topological polar surface area (TPSA) is 45.5 Å². The zero-order valence-corrected chi connectivity index (χ0v) is 10.7. The number of nitrogens with zero attached hydrogens (tertiary/aromatic N) is 2. The van der Waals surface area contributed by atoms with Gasteiger partial charge >= 0.3 is 0 Å². The molecule has 0 bridgehead atoms. The highest BCUT2D eigenvalue weighted by Gasteiger charge is 2.21. The molecule has 1 aliphatic heterocycles. The van der Waals surface area contributed by atoms with Gasteiger partial charge in [0.1, 0.15) is 18.2 Å². The van der Waals surface area contributed by atoms with Crippen LogP contribution in [0.2, 0.25) is 0 Å². The molecule has 1 unspecified atom stereocenters. The standard InChI is InChI=1S/C14H17FN2O2/c15-12-1-3-14(4-2-12)19-11-13(5-6-16)17-7-9-18-10-8-17/h1-4,13H,5,7-11H2. The molecular formula is C14H17FN2O2. The molecule has 4 nitrogen and oxygen atoms in total. The molecule has 1 aromatic carbocycles.